The molecule has 0 bridgehead atoms. The van der Waals surface area contributed by atoms with Gasteiger partial charge in [-0.3, -0.25) is 0 Å². The number of allylic oxidation sites excluding steroid dienone is 1. The molecule has 0 saturated heterocycles. The van der Waals surface area contributed by atoms with Gasteiger partial charge in [-0.2, -0.15) is 0 Å². The highest BCUT2D eigenvalue weighted by atomic mass is 31.0. The van der Waals surface area contributed by atoms with Crippen molar-refractivity contribution in [2.24, 2.45) is 23.7 Å². The van der Waals surface area contributed by atoms with Crippen molar-refractivity contribution in [1.29, 1.82) is 0 Å². The lowest BCUT2D eigenvalue weighted by Crippen LogP contribution is -2.29. The molecule has 1 N–H and O–H groups in total. The van der Waals surface area contributed by atoms with Gasteiger partial charge in [-0.25, -0.2) is 0 Å². The van der Waals surface area contributed by atoms with Crippen LogP contribution in [0.4, 0.5) is 0 Å². The van der Waals surface area contributed by atoms with E-state index in [4.69, 9.17) is 4.74 Å². The lowest BCUT2D eigenvalue weighted by molar-refractivity contribution is 0.0725. The minimum absolute atomic E-state index is 0. The van der Waals surface area contributed by atoms with Crippen LogP contribution in [0.25, 0.3) is 6.08 Å². The Morgan fingerprint density at radius 2 is 1.61 bits per heavy atom. The maximum absolute atomic E-state index is 9.77. The molecule has 0 spiro atoms. The SMILES string of the molecule is C.C/C=C/c1ccc(OCC2CCC(C3CCC(O)CC3)CC2)c(P)c1CC(C)CC.CC. The van der Waals surface area contributed by atoms with Gasteiger partial charge in [0.25, 0.3) is 0 Å². The van der Waals surface area contributed by atoms with Gasteiger partial charge in [-0.1, -0.05) is 59.8 Å². The maximum Gasteiger partial charge on any atom is 0.126 e. The Morgan fingerprint density at radius 1 is 1.03 bits per heavy atom. The number of hydrogen-bond acceptors (Lipinski definition) is 2. The third-order valence-electron chi connectivity index (χ3n) is 7.72. The zero-order chi connectivity index (χ0) is 23.5. The van der Waals surface area contributed by atoms with Crippen molar-refractivity contribution in [1.82, 2.24) is 0 Å². The maximum atomic E-state index is 9.77. The summed E-state index contributed by atoms with van der Waals surface area (Å²) in [5, 5.41) is 11.0. The second-order valence-electron chi connectivity index (χ2n) is 9.92. The van der Waals surface area contributed by atoms with Gasteiger partial charge in [-0.15, -0.1) is 9.24 Å². The molecule has 2 unspecified atom stereocenters. The van der Waals surface area contributed by atoms with E-state index in [1.54, 1.807) is 0 Å². The van der Waals surface area contributed by atoms with Crippen LogP contribution in [-0.2, 0) is 6.42 Å². The second-order valence-corrected chi connectivity index (χ2v) is 10.5. The van der Waals surface area contributed by atoms with Crippen molar-refractivity contribution in [3.63, 3.8) is 0 Å². The molecule has 3 heteroatoms. The summed E-state index contributed by atoms with van der Waals surface area (Å²) in [5.41, 5.74) is 2.75. The van der Waals surface area contributed by atoms with Crippen LogP contribution in [0.5, 0.6) is 5.75 Å². The molecule has 2 atom stereocenters. The molecule has 1 aromatic rings. The predicted octanol–water partition coefficient (Wildman–Crippen LogP) is 8.21. The molecule has 0 aliphatic heterocycles. The van der Waals surface area contributed by atoms with Gasteiger partial charge in [-0.05, 0) is 106 Å². The summed E-state index contributed by atoms with van der Waals surface area (Å²) in [6, 6.07) is 4.39. The van der Waals surface area contributed by atoms with Crippen molar-refractivity contribution in [2.45, 2.75) is 112 Å². The molecule has 2 aliphatic carbocycles. The third kappa shape index (κ3) is 9.03. The minimum Gasteiger partial charge on any atom is -0.493 e. The number of ether oxygens (including phenoxy) is 1. The molecule has 2 saturated carbocycles. The van der Waals surface area contributed by atoms with Crippen LogP contribution in [0.1, 0.15) is 111 Å². The summed E-state index contributed by atoms with van der Waals surface area (Å²) in [4.78, 5) is 0. The zero-order valence-electron chi connectivity index (χ0n) is 21.4. The Hall–Kier alpha value is -0.850. The summed E-state index contributed by atoms with van der Waals surface area (Å²) in [7, 11) is 2.97. The molecule has 1 aromatic carbocycles. The van der Waals surface area contributed by atoms with E-state index in [2.05, 4.69) is 54.3 Å². The monoisotopic (exact) mass is 476 g/mol. The highest BCUT2D eigenvalue weighted by Crippen LogP contribution is 2.40. The number of benzene rings is 1. The fourth-order valence-electron chi connectivity index (χ4n) is 5.45. The molecular formula is C30H53O2P. The van der Waals surface area contributed by atoms with Crippen LogP contribution >= 0.6 is 9.24 Å². The number of aliphatic hydroxyl groups is 1. The van der Waals surface area contributed by atoms with Gasteiger partial charge < -0.3 is 9.84 Å². The molecule has 0 aromatic heterocycles. The second kappa shape index (κ2) is 15.9. The van der Waals surface area contributed by atoms with Gasteiger partial charge >= 0.3 is 0 Å². The summed E-state index contributed by atoms with van der Waals surface area (Å²) >= 11 is 0. The molecule has 2 aliphatic rings. The largest absolute Gasteiger partial charge is 0.493 e. The first-order valence-corrected chi connectivity index (χ1v) is 13.9. The van der Waals surface area contributed by atoms with Crippen LogP contribution in [0.3, 0.4) is 0 Å². The highest BCUT2D eigenvalue weighted by Gasteiger charge is 2.30. The molecule has 3 rings (SSSR count). The fraction of sp³-hybridized carbons (Fsp3) is 0.733. The quantitative estimate of drug-likeness (QED) is 0.383. The fourth-order valence-corrected chi connectivity index (χ4v) is 5.91. The Bertz CT molecular complexity index is 683. The van der Waals surface area contributed by atoms with Crippen molar-refractivity contribution < 1.29 is 9.84 Å². The lowest BCUT2D eigenvalue weighted by atomic mass is 9.71. The molecule has 33 heavy (non-hydrogen) atoms. The topological polar surface area (TPSA) is 29.5 Å². The van der Waals surface area contributed by atoms with E-state index >= 15 is 0 Å². The van der Waals surface area contributed by atoms with Gasteiger partial charge in [0.2, 0.25) is 0 Å². The normalized spacial score (nSPS) is 26.2. The minimum atomic E-state index is -0.0310. The molecule has 190 valence electrons. The Labute approximate surface area is 208 Å². The van der Waals surface area contributed by atoms with Crippen molar-refractivity contribution in [3.8, 4) is 5.75 Å². The van der Waals surface area contributed by atoms with Gasteiger partial charge in [0.15, 0.2) is 0 Å². The Kier molecular flexibility index (Phi) is 14.6. The summed E-state index contributed by atoms with van der Waals surface area (Å²) in [5.74, 6) is 4.16. The Balaban J connectivity index is 0.00000177. The van der Waals surface area contributed by atoms with E-state index in [9.17, 15) is 5.11 Å². The summed E-state index contributed by atoms with van der Waals surface area (Å²) < 4.78 is 6.38. The molecule has 0 radical (unpaired) electrons. The van der Waals surface area contributed by atoms with E-state index in [0.717, 1.165) is 43.5 Å². The van der Waals surface area contributed by atoms with Gasteiger partial charge in [0.05, 0.1) is 12.7 Å². The summed E-state index contributed by atoms with van der Waals surface area (Å²) in [6.45, 7) is 11.5. The van der Waals surface area contributed by atoms with Crippen LogP contribution in [0, 0.1) is 23.7 Å². The third-order valence-corrected chi connectivity index (χ3v) is 8.36. The average Bonchev–Trinajstić information content (AvgIpc) is 2.83. The van der Waals surface area contributed by atoms with Crippen molar-refractivity contribution in [3.05, 3.63) is 29.3 Å². The summed E-state index contributed by atoms with van der Waals surface area (Å²) in [6.07, 6.45) is 16.4. The van der Waals surface area contributed by atoms with Crippen LogP contribution in [0.2, 0.25) is 0 Å². The highest BCUT2D eigenvalue weighted by molar-refractivity contribution is 7.28. The van der Waals surface area contributed by atoms with E-state index < -0.39 is 0 Å². The standard InChI is InChI=1S/C27H43O2P.C2H6.CH4/c1-4-6-23-13-16-26(27(30)25(23)17-19(3)5-2)29-18-20-7-9-21(10-8-20)22-11-14-24(28)15-12-22;1-2;/h4,6,13,16,19-22,24,28H,5,7-12,14-15,17-18,30H2,1-3H3;1-2H3;1H4/b6-4+;;. The van der Waals surface area contributed by atoms with E-state index in [-0.39, 0.29) is 13.5 Å². The Morgan fingerprint density at radius 3 is 2.15 bits per heavy atom. The molecule has 0 amide bonds. The first-order chi connectivity index (χ1) is 15.5. The first-order valence-electron chi connectivity index (χ1n) is 13.4. The number of aliphatic hydroxyl groups excluding tert-OH is 1. The molecular weight excluding hydrogens is 423 g/mol. The molecule has 0 heterocycles. The smallest absolute Gasteiger partial charge is 0.126 e. The van der Waals surface area contributed by atoms with Crippen LogP contribution in [0.15, 0.2) is 18.2 Å². The number of hydrogen-bond donors (Lipinski definition) is 1. The average molecular weight is 477 g/mol. The number of rotatable bonds is 8. The zero-order valence-corrected chi connectivity index (χ0v) is 22.6. The molecule has 2 nitrogen and oxygen atoms in total. The van der Waals surface area contributed by atoms with Crippen molar-refractivity contribution >= 4 is 20.6 Å². The lowest BCUT2D eigenvalue weighted by Gasteiger charge is -2.36. The predicted molar refractivity (Wildman–Crippen MR) is 151 cm³/mol. The first kappa shape index (κ1) is 30.2. The van der Waals surface area contributed by atoms with Gasteiger partial charge in [0.1, 0.15) is 5.75 Å². The molecule has 2 fully saturated rings. The van der Waals surface area contributed by atoms with E-state index in [1.165, 1.54) is 61.4 Å². The van der Waals surface area contributed by atoms with Gasteiger partial charge in [0, 0.05) is 5.30 Å². The van der Waals surface area contributed by atoms with Crippen molar-refractivity contribution in [2.75, 3.05) is 6.61 Å². The van der Waals surface area contributed by atoms with E-state index in [1.807, 2.05) is 13.8 Å². The van der Waals surface area contributed by atoms with Crippen LogP contribution in [-0.4, -0.2) is 17.8 Å². The van der Waals surface area contributed by atoms with Crippen LogP contribution < -0.4 is 10.0 Å². The van der Waals surface area contributed by atoms with E-state index in [0.29, 0.717) is 11.8 Å².